The summed E-state index contributed by atoms with van der Waals surface area (Å²) in [6.07, 6.45) is 3.86. The van der Waals surface area contributed by atoms with Gasteiger partial charge in [0, 0.05) is 0 Å². The summed E-state index contributed by atoms with van der Waals surface area (Å²) in [5.74, 6) is 0.642. The summed E-state index contributed by atoms with van der Waals surface area (Å²) in [5, 5.41) is 5.51. The van der Waals surface area contributed by atoms with Gasteiger partial charge in [-0.1, -0.05) is 154 Å². The fourth-order valence-corrected chi connectivity index (χ4v) is 6.61. The van der Waals surface area contributed by atoms with Crippen LogP contribution in [0.25, 0.3) is 43.8 Å². The van der Waals surface area contributed by atoms with Gasteiger partial charge in [-0.15, -0.1) is 93.4 Å². The van der Waals surface area contributed by atoms with Crippen LogP contribution in [0, 0.1) is 28.7 Å². The van der Waals surface area contributed by atoms with Gasteiger partial charge in [0.05, 0.1) is 0 Å². The minimum absolute atomic E-state index is 0. The van der Waals surface area contributed by atoms with E-state index in [-0.39, 0.29) is 50.5 Å². The first kappa shape index (κ1) is 49.8. The molecular formula is C48H62Cl2SiZr-4. The Morgan fingerprint density at radius 1 is 0.654 bits per heavy atom. The summed E-state index contributed by atoms with van der Waals surface area (Å²) >= 11 is 1.36. The molecule has 0 saturated carbocycles. The van der Waals surface area contributed by atoms with Crippen molar-refractivity contribution in [1.82, 2.24) is 0 Å². The van der Waals surface area contributed by atoms with Gasteiger partial charge in [0.25, 0.3) is 0 Å². The summed E-state index contributed by atoms with van der Waals surface area (Å²) in [6, 6.07) is 38.7. The fourth-order valence-electron chi connectivity index (χ4n) is 6.61. The quantitative estimate of drug-likeness (QED) is 0.116. The molecule has 1 unspecified atom stereocenters. The summed E-state index contributed by atoms with van der Waals surface area (Å²) in [5.41, 5.74) is 12.7. The summed E-state index contributed by atoms with van der Waals surface area (Å²) in [6.45, 7) is 25.6. The third-order valence-electron chi connectivity index (χ3n) is 9.71. The summed E-state index contributed by atoms with van der Waals surface area (Å²) in [4.78, 5) is 0. The van der Waals surface area contributed by atoms with E-state index in [4.69, 9.17) is 0 Å². The third kappa shape index (κ3) is 12.1. The standard InChI is InChI=1S/C25H31.C21H23.2CH3.2ClH.Si.Zr/c1-6-7-9-18(2)21-16-20-10-8-11-23(24(20)17-21)19-12-14-22(15-13-19)25(3,4)5;1-14-12-19-15(2)6-11-18(20(19)13-14)16-7-9-17(10-8-16)21(3,4)5;;;;;;/h8,10-18H,6-7,9H2,1-5H3;6-13H,1-5H3;2*1H3;2*1H;;/q4*-1;;;;. The van der Waals surface area contributed by atoms with Gasteiger partial charge in [-0.2, -0.15) is 12.1 Å². The molecule has 6 aromatic carbocycles. The van der Waals surface area contributed by atoms with Crippen molar-refractivity contribution in [2.75, 3.05) is 0 Å². The Kier molecular flexibility index (Phi) is 20.7. The van der Waals surface area contributed by atoms with Crippen LogP contribution in [0.15, 0.2) is 103 Å². The Balaban J connectivity index is 0.000000899. The van der Waals surface area contributed by atoms with Crippen molar-refractivity contribution < 1.29 is 23.3 Å². The summed E-state index contributed by atoms with van der Waals surface area (Å²) in [7, 11) is 0. The van der Waals surface area contributed by atoms with Gasteiger partial charge in [0.2, 0.25) is 0 Å². The first-order chi connectivity index (χ1) is 22.8. The third-order valence-corrected chi connectivity index (χ3v) is 9.71. The molecule has 52 heavy (non-hydrogen) atoms. The van der Waals surface area contributed by atoms with E-state index < -0.39 is 0 Å². The number of fused-ring (bicyclic) bond motifs is 2. The molecule has 0 aromatic heterocycles. The second-order valence-electron chi connectivity index (χ2n) is 15.6. The van der Waals surface area contributed by atoms with Crippen LogP contribution in [-0.4, -0.2) is 6.88 Å². The molecule has 0 bridgehead atoms. The molecule has 6 rings (SSSR count). The molecule has 0 nitrogen and oxygen atoms in total. The van der Waals surface area contributed by atoms with Crippen LogP contribution in [0.1, 0.15) is 108 Å². The number of hydrogen-bond donors (Lipinski definition) is 0. The molecule has 0 N–H and O–H groups in total. The number of unbranched alkanes of at least 4 members (excludes halogenated alkanes) is 1. The van der Waals surface area contributed by atoms with Gasteiger partial charge >= 0.3 is 30.2 Å². The molecule has 0 saturated heterocycles. The van der Waals surface area contributed by atoms with E-state index in [2.05, 4.69) is 179 Å². The number of rotatable bonds is 6. The van der Waals surface area contributed by atoms with E-state index >= 15 is 0 Å². The maximum atomic E-state index is 3.06. The van der Waals surface area contributed by atoms with E-state index in [1.165, 1.54) is 114 Å². The van der Waals surface area contributed by atoms with Crippen molar-refractivity contribution >= 4 is 53.2 Å². The van der Waals surface area contributed by atoms with Crippen molar-refractivity contribution in [2.24, 2.45) is 0 Å². The Hall–Kier alpha value is -2.22. The van der Waals surface area contributed by atoms with E-state index in [0.717, 1.165) is 0 Å². The van der Waals surface area contributed by atoms with Gasteiger partial charge in [-0.25, -0.2) is 0 Å². The Bertz CT molecular complexity index is 1930. The average molecular weight is 829 g/mol. The zero-order chi connectivity index (χ0) is 35.2. The zero-order valence-electron chi connectivity index (χ0n) is 33.8. The van der Waals surface area contributed by atoms with E-state index in [1.54, 1.807) is 0 Å². The average Bonchev–Trinajstić information content (AvgIpc) is 3.69. The summed E-state index contributed by atoms with van der Waals surface area (Å²) < 4.78 is 0. The van der Waals surface area contributed by atoms with Crippen molar-refractivity contribution in [3.8, 4) is 22.3 Å². The zero-order valence-corrected chi connectivity index (χ0v) is 38.9. The molecule has 6 aromatic rings. The Morgan fingerprint density at radius 3 is 1.63 bits per heavy atom. The fraction of sp³-hybridized carbons (Fsp3) is 0.333. The van der Waals surface area contributed by atoms with E-state index in [0.29, 0.717) is 5.92 Å². The Labute approximate surface area is 347 Å². The first-order valence-corrected chi connectivity index (χ1v) is 21.8. The van der Waals surface area contributed by atoms with Gasteiger partial charge < -0.3 is 14.9 Å². The Morgan fingerprint density at radius 2 is 1.15 bits per heavy atom. The van der Waals surface area contributed by atoms with Crippen molar-refractivity contribution in [3.63, 3.8) is 0 Å². The van der Waals surface area contributed by atoms with Crippen LogP contribution >= 0.6 is 24.8 Å². The van der Waals surface area contributed by atoms with Gasteiger partial charge in [-0.3, -0.25) is 0 Å². The topological polar surface area (TPSA) is 0 Å². The van der Waals surface area contributed by atoms with Crippen molar-refractivity contribution in [3.05, 3.63) is 146 Å². The van der Waals surface area contributed by atoms with Crippen LogP contribution in [0.4, 0.5) is 0 Å². The predicted molar refractivity (Wildman–Crippen MR) is 238 cm³/mol. The normalized spacial score (nSPS) is 11.3. The second kappa shape index (κ2) is 21.6. The molecule has 0 heterocycles. The first-order valence-electron chi connectivity index (χ1n) is 17.6. The molecule has 0 amide bonds. The van der Waals surface area contributed by atoms with Gasteiger partial charge in [-0.05, 0) is 45.4 Å². The molecule has 1 atom stereocenters. The molecule has 0 fully saturated rings. The van der Waals surface area contributed by atoms with Crippen molar-refractivity contribution in [1.29, 1.82) is 0 Å². The van der Waals surface area contributed by atoms with Crippen molar-refractivity contribution in [2.45, 2.75) is 105 Å². The van der Waals surface area contributed by atoms with Crippen LogP contribution in [-0.2, 0) is 34.2 Å². The molecular weight excluding hydrogens is 767 g/mol. The second-order valence-corrected chi connectivity index (χ2v) is 15.6. The molecule has 0 spiro atoms. The molecule has 0 aliphatic carbocycles. The molecule has 280 valence electrons. The molecule has 0 aliphatic rings. The predicted octanol–water partition coefficient (Wildman–Crippen LogP) is 15.3. The SMILES string of the molecule is CCCCC(C)c1cc2c(-c3ccc(C(C)(C)C)cc3)cccc2[cH-]1.Cc1cc2c(-c3ccc(C(C)(C)C)cc3)ccc(C)c2[cH-]1.Cl.Cl.[CH3-].[CH3-].[Si]=[Zr]. The number of hydrogen-bond acceptors (Lipinski definition) is 0. The molecule has 0 aliphatic heterocycles. The van der Waals surface area contributed by atoms with E-state index in [9.17, 15) is 0 Å². The van der Waals surface area contributed by atoms with Crippen LogP contribution in [0.2, 0.25) is 0 Å². The maximum absolute atomic E-state index is 3.06. The number of halogens is 2. The number of benzene rings is 4. The van der Waals surface area contributed by atoms with Crippen LogP contribution in [0.5, 0.6) is 0 Å². The van der Waals surface area contributed by atoms with Crippen LogP contribution < -0.4 is 0 Å². The minimum atomic E-state index is 0. The van der Waals surface area contributed by atoms with E-state index in [1.807, 2.05) is 0 Å². The van der Waals surface area contributed by atoms with Gasteiger partial charge in [0.15, 0.2) is 0 Å². The monoisotopic (exact) mass is 826 g/mol. The number of aryl methyl sites for hydroxylation is 2. The molecule has 4 heteroatoms. The van der Waals surface area contributed by atoms with Gasteiger partial charge in [0.1, 0.15) is 0 Å². The molecule has 2 radical (unpaired) electrons. The van der Waals surface area contributed by atoms with Crippen LogP contribution in [0.3, 0.4) is 0 Å².